The molecule has 0 unspecified atom stereocenters. The van der Waals surface area contributed by atoms with Crippen molar-refractivity contribution in [3.63, 3.8) is 0 Å². The summed E-state index contributed by atoms with van der Waals surface area (Å²) in [6, 6.07) is 3.73. The van der Waals surface area contributed by atoms with E-state index in [-0.39, 0.29) is 16.5 Å². The summed E-state index contributed by atoms with van der Waals surface area (Å²) in [5.41, 5.74) is 0.273. The van der Waals surface area contributed by atoms with Crippen molar-refractivity contribution in [1.82, 2.24) is 4.90 Å². The van der Waals surface area contributed by atoms with Gasteiger partial charge >= 0.3 is 5.97 Å². The first-order valence-electron chi connectivity index (χ1n) is 5.07. The Kier molecular flexibility index (Phi) is 4.04. The third-order valence-electron chi connectivity index (χ3n) is 2.59. The monoisotopic (exact) mass is 305 g/mol. The number of hydrogen-bond donors (Lipinski definition) is 1. The Morgan fingerprint density at radius 1 is 1.39 bits per heavy atom. The summed E-state index contributed by atoms with van der Waals surface area (Å²) in [6.45, 7) is 0. The van der Waals surface area contributed by atoms with Gasteiger partial charge in [0.25, 0.3) is 5.91 Å². The Morgan fingerprint density at radius 2 is 2.11 bits per heavy atom. The summed E-state index contributed by atoms with van der Waals surface area (Å²) in [6.07, 6.45) is 0. The van der Waals surface area contributed by atoms with Gasteiger partial charge in [-0.2, -0.15) is 0 Å². The molecule has 2 rings (SSSR count). The number of halogens is 2. The Balaban J connectivity index is 2.28. The smallest absolute Gasteiger partial charge is 0.327 e. The molecule has 1 fully saturated rings. The Labute approximate surface area is 118 Å². The highest BCUT2D eigenvalue weighted by molar-refractivity contribution is 7.99. The molecule has 4 nitrogen and oxygen atoms in total. The van der Waals surface area contributed by atoms with Gasteiger partial charge in [-0.05, 0) is 18.2 Å². The van der Waals surface area contributed by atoms with Crippen LogP contribution in [0.4, 0.5) is 0 Å². The molecule has 0 saturated carbocycles. The highest BCUT2D eigenvalue weighted by Gasteiger charge is 2.35. The van der Waals surface area contributed by atoms with Crippen molar-refractivity contribution in [2.45, 2.75) is 6.04 Å². The van der Waals surface area contributed by atoms with E-state index in [9.17, 15) is 9.59 Å². The summed E-state index contributed by atoms with van der Waals surface area (Å²) in [5, 5.41) is 9.69. The predicted molar refractivity (Wildman–Crippen MR) is 71.4 cm³/mol. The van der Waals surface area contributed by atoms with Crippen LogP contribution < -0.4 is 0 Å². The number of thioether (sulfide) groups is 1. The average molecular weight is 306 g/mol. The highest BCUT2D eigenvalue weighted by atomic mass is 35.5. The van der Waals surface area contributed by atoms with E-state index >= 15 is 0 Å². The fourth-order valence-electron chi connectivity index (χ4n) is 1.67. The minimum Gasteiger partial charge on any atom is -0.480 e. The van der Waals surface area contributed by atoms with E-state index in [1.807, 2.05) is 0 Å². The van der Waals surface area contributed by atoms with E-state index in [0.717, 1.165) is 0 Å². The van der Waals surface area contributed by atoms with Crippen LogP contribution in [0.2, 0.25) is 10.0 Å². The van der Waals surface area contributed by atoms with Crippen LogP contribution in [0.15, 0.2) is 18.2 Å². The average Bonchev–Trinajstić information content (AvgIpc) is 2.77. The number of aliphatic carboxylic acids is 1. The maximum Gasteiger partial charge on any atom is 0.327 e. The molecule has 0 radical (unpaired) electrons. The van der Waals surface area contributed by atoms with Crippen LogP contribution in [-0.4, -0.2) is 39.6 Å². The lowest BCUT2D eigenvalue weighted by Gasteiger charge is -2.21. The number of carbonyl (C=O) groups excluding carboxylic acids is 1. The van der Waals surface area contributed by atoms with Gasteiger partial charge in [0.2, 0.25) is 0 Å². The SMILES string of the molecule is O=C(O)[C@@H]1CSCN1C(=O)c1ccc(Cl)cc1Cl. The van der Waals surface area contributed by atoms with Crippen LogP contribution in [0.3, 0.4) is 0 Å². The van der Waals surface area contributed by atoms with E-state index in [1.54, 1.807) is 6.07 Å². The van der Waals surface area contributed by atoms with Crippen molar-refractivity contribution in [3.8, 4) is 0 Å². The molecule has 7 heteroatoms. The van der Waals surface area contributed by atoms with E-state index in [4.69, 9.17) is 28.3 Å². The summed E-state index contributed by atoms with van der Waals surface area (Å²) in [5.74, 6) is -0.631. The lowest BCUT2D eigenvalue weighted by molar-refractivity contribution is -0.140. The van der Waals surface area contributed by atoms with Crippen molar-refractivity contribution >= 4 is 46.8 Å². The summed E-state index contributed by atoms with van der Waals surface area (Å²) < 4.78 is 0. The maximum atomic E-state index is 12.2. The molecule has 1 aromatic carbocycles. The molecule has 1 aromatic rings. The van der Waals surface area contributed by atoms with Gasteiger partial charge in [-0.15, -0.1) is 11.8 Å². The molecule has 1 aliphatic rings. The second-order valence-electron chi connectivity index (χ2n) is 3.75. The number of benzene rings is 1. The number of rotatable bonds is 2. The first kappa shape index (κ1) is 13.5. The van der Waals surface area contributed by atoms with Crippen LogP contribution >= 0.6 is 35.0 Å². The zero-order chi connectivity index (χ0) is 13.3. The fourth-order valence-corrected chi connectivity index (χ4v) is 3.30. The van der Waals surface area contributed by atoms with Crippen LogP contribution in [-0.2, 0) is 4.79 Å². The van der Waals surface area contributed by atoms with Gasteiger partial charge in [-0.3, -0.25) is 4.79 Å². The van der Waals surface area contributed by atoms with Crippen LogP contribution in [0.5, 0.6) is 0 Å². The van der Waals surface area contributed by atoms with Crippen LogP contribution in [0, 0.1) is 0 Å². The van der Waals surface area contributed by atoms with Crippen molar-refractivity contribution in [3.05, 3.63) is 33.8 Å². The van der Waals surface area contributed by atoms with E-state index in [1.165, 1.54) is 28.8 Å². The van der Waals surface area contributed by atoms with Crippen LogP contribution in [0.1, 0.15) is 10.4 Å². The third-order valence-corrected chi connectivity index (χ3v) is 4.15. The first-order valence-corrected chi connectivity index (χ1v) is 6.98. The summed E-state index contributed by atoms with van der Waals surface area (Å²) in [7, 11) is 0. The Morgan fingerprint density at radius 3 is 2.72 bits per heavy atom. The molecule has 1 atom stereocenters. The molecule has 96 valence electrons. The molecule has 1 saturated heterocycles. The van der Waals surface area contributed by atoms with Crippen molar-refractivity contribution < 1.29 is 14.7 Å². The fraction of sp³-hybridized carbons (Fsp3) is 0.273. The second kappa shape index (κ2) is 5.38. The first-order chi connectivity index (χ1) is 8.50. The molecular weight excluding hydrogens is 297 g/mol. The molecular formula is C11H9Cl2NO3S. The van der Waals surface area contributed by atoms with E-state index in [2.05, 4.69) is 0 Å². The third kappa shape index (κ3) is 2.58. The molecule has 0 spiro atoms. The number of carbonyl (C=O) groups is 2. The second-order valence-corrected chi connectivity index (χ2v) is 5.60. The molecule has 0 aromatic heterocycles. The van der Waals surface area contributed by atoms with Gasteiger partial charge in [-0.1, -0.05) is 23.2 Å². The summed E-state index contributed by atoms with van der Waals surface area (Å²) in [4.78, 5) is 24.5. The van der Waals surface area contributed by atoms with Gasteiger partial charge in [0.15, 0.2) is 0 Å². The van der Waals surface area contributed by atoms with Crippen molar-refractivity contribution in [1.29, 1.82) is 0 Å². The Hall–Kier alpha value is -0.910. The molecule has 1 heterocycles. The van der Waals surface area contributed by atoms with Gasteiger partial charge in [0.1, 0.15) is 6.04 Å². The normalized spacial score (nSPS) is 19.0. The molecule has 0 aliphatic carbocycles. The standard InChI is InChI=1S/C11H9Cl2NO3S/c12-6-1-2-7(8(13)3-6)10(15)14-5-18-4-9(14)11(16)17/h1-3,9H,4-5H2,(H,16,17)/t9-/m0/s1. The zero-order valence-corrected chi connectivity index (χ0v) is 11.4. The lowest BCUT2D eigenvalue weighted by atomic mass is 10.1. The highest BCUT2D eigenvalue weighted by Crippen LogP contribution is 2.27. The largest absolute Gasteiger partial charge is 0.480 e. The Bertz CT molecular complexity index is 509. The maximum absolute atomic E-state index is 12.2. The summed E-state index contributed by atoms with van der Waals surface area (Å²) >= 11 is 13.1. The molecule has 1 aliphatic heterocycles. The number of hydrogen-bond acceptors (Lipinski definition) is 3. The van der Waals surface area contributed by atoms with Gasteiger partial charge in [0.05, 0.1) is 16.5 Å². The van der Waals surface area contributed by atoms with Crippen molar-refractivity contribution in [2.24, 2.45) is 0 Å². The van der Waals surface area contributed by atoms with Crippen molar-refractivity contribution in [2.75, 3.05) is 11.6 Å². The number of carboxylic acid groups (broad SMARTS) is 1. The molecule has 18 heavy (non-hydrogen) atoms. The number of nitrogens with zero attached hydrogens (tertiary/aromatic N) is 1. The number of amides is 1. The minimum absolute atomic E-state index is 0.230. The zero-order valence-electron chi connectivity index (χ0n) is 9.10. The number of carboxylic acids is 1. The van der Waals surface area contributed by atoms with Gasteiger partial charge in [0, 0.05) is 10.8 Å². The predicted octanol–water partition coefficient (Wildman–Crippen LogP) is 2.59. The van der Waals surface area contributed by atoms with E-state index < -0.39 is 12.0 Å². The van der Waals surface area contributed by atoms with Crippen LogP contribution in [0.25, 0.3) is 0 Å². The van der Waals surface area contributed by atoms with Gasteiger partial charge in [-0.25, -0.2) is 4.79 Å². The topological polar surface area (TPSA) is 57.6 Å². The van der Waals surface area contributed by atoms with Gasteiger partial charge < -0.3 is 10.0 Å². The molecule has 0 bridgehead atoms. The molecule has 1 N–H and O–H groups in total. The van der Waals surface area contributed by atoms with E-state index in [0.29, 0.717) is 16.7 Å². The lowest BCUT2D eigenvalue weighted by Crippen LogP contribution is -2.41. The quantitative estimate of drug-likeness (QED) is 0.912. The minimum atomic E-state index is -1.00. The molecule has 1 amide bonds.